The lowest BCUT2D eigenvalue weighted by Gasteiger charge is -2.13. The van der Waals surface area contributed by atoms with Crippen LogP contribution in [0.4, 0.5) is 10.1 Å². The van der Waals surface area contributed by atoms with Crippen LogP contribution in [0.5, 0.6) is 0 Å². The molecule has 1 heterocycles. The van der Waals surface area contributed by atoms with Crippen LogP contribution in [0.25, 0.3) is 0 Å². The van der Waals surface area contributed by atoms with Gasteiger partial charge in [-0.1, -0.05) is 12.1 Å². The number of thiocarbonyl (C=S) groups is 1. The van der Waals surface area contributed by atoms with Crippen molar-refractivity contribution in [1.29, 1.82) is 0 Å². The molecule has 1 aromatic heterocycles. The maximum atomic E-state index is 13.0. The lowest BCUT2D eigenvalue weighted by Crippen LogP contribution is -2.31. The zero-order chi connectivity index (χ0) is 18.4. The molecule has 5 nitrogen and oxygen atoms in total. The molecule has 0 radical (unpaired) electrons. The number of anilines is 1. The van der Waals surface area contributed by atoms with Gasteiger partial charge in [0.1, 0.15) is 5.82 Å². The van der Waals surface area contributed by atoms with Crippen molar-refractivity contribution < 1.29 is 4.39 Å². The van der Waals surface area contributed by atoms with E-state index < -0.39 is 0 Å². The summed E-state index contributed by atoms with van der Waals surface area (Å²) < 4.78 is 14.9. The normalized spacial score (nSPS) is 11.0. The Hall–Kier alpha value is -1.99. The lowest BCUT2D eigenvalue weighted by molar-refractivity contribution is 0.400. The summed E-state index contributed by atoms with van der Waals surface area (Å²) in [6.45, 7) is 6.39. The van der Waals surface area contributed by atoms with E-state index in [0.29, 0.717) is 11.7 Å². The quantitative estimate of drug-likeness (QED) is 0.585. The van der Waals surface area contributed by atoms with Crippen LogP contribution in [-0.2, 0) is 6.54 Å². The molecule has 0 atom stereocenters. The molecule has 0 aliphatic carbocycles. The van der Waals surface area contributed by atoms with Crippen molar-refractivity contribution in [3.05, 3.63) is 47.0 Å². The highest BCUT2D eigenvalue weighted by molar-refractivity contribution is 7.80. The highest BCUT2D eigenvalue weighted by atomic mass is 32.1. The number of nitrogens with one attached hydrogen (secondary N) is 2. The fourth-order valence-electron chi connectivity index (χ4n) is 2.55. The van der Waals surface area contributed by atoms with E-state index in [4.69, 9.17) is 12.2 Å². The highest BCUT2D eigenvalue weighted by Crippen LogP contribution is 2.20. The summed E-state index contributed by atoms with van der Waals surface area (Å²) >= 11 is 5.37. The molecule has 2 aromatic rings. The molecule has 25 heavy (non-hydrogen) atoms. The summed E-state index contributed by atoms with van der Waals surface area (Å²) in [6.07, 6.45) is 1.02. The molecule has 0 saturated heterocycles. The minimum Gasteiger partial charge on any atom is -0.362 e. The van der Waals surface area contributed by atoms with Gasteiger partial charge in [-0.2, -0.15) is 5.10 Å². The van der Waals surface area contributed by atoms with Gasteiger partial charge in [-0.25, -0.2) is 4.39 Å². The van der Waals surface area contributed by atoms with Crippen molar-refractivity contribution in [3.8, 4) is 0 Å². The van der Waals surface area contributed by atoms with Gasteiger partial charge in [-0.15, -0.1) is 0 Å². The zero-order valence-corrected chi connectivity index (χ0v) is 16.1. The van der Waals surface area contributed by atoms with Crippen molar-refractivity contribution in [1.82, 2.24) is 20.0 Å². The number of rotatable bonds is 7. The standard InChI is InChI=1S/C18H26FN5S/c1-13-17(21-18(25)20-10-5-11-23(3)4)14(2)24(22-13)12-15-6-8-16(19)9-7-15/h6-9H,5,10-12H2,1-4H3,(H2,20,21,25). The van der Waals surface area contributed by atoms with E-state index in [9.17, 15) is 4.39 Å². The molecule has 0 amide bonds. The average Bonchev–Trinajstić information content (AvgIpc) is 2.81. The SMILES string of the molecule is Cc1nn(Cc2ccc(F)cc2)c(C)c1NC(=S)NCCCN(C)C. The molecule has 0 fully saturated rings. The van der Waals surface area contributed by atoms with E-state index in [1.54, 1.807) is 12.1 Å². The fraction of sp³-hybridized carbons (Fsp3) is 0.444. The van der Waals surface area contributed by atoms with Crippen molar-refractivity contribution in [2.75, 3.05) is 32.5 Å². The van der Waals surface area contributed by atoms with Gasteiger partial charge >= 0.3 is 0 Å². The molecule has 2 rings (SSSR count). The van der Waals surface area contributed by atoms with Gasteiger partial charge in [0.15, 0.2) is 5.11 Å². The topological polar surface area (TPSA) is 45.1 Å². The molecule has 0 bridgehead atoms. The van der Waals surface area contributed by atoms with E-state index in [2.05, 4.69) is 34.7 Å². The fourth-order valence-corrected chi connectivity index (χ4v) is 2.75. The minimum atomic E-state index is -0.231. The number of aryl methyl sites for hydroxylation is 1. The van der Waals surface area contributed by atoms with E-state index >= 15 is 0 Å². The Kier molecular flexibility index (Phi) is 6.90. The zero-order valence-electron chi connectivity index (χ0n) is 15.3. The molecule has 0 saturated carbocycles. The van der Waals surface area contributed by atoms with Crippen LogP contribution in [0.3, 0.4) is 0 Å². The van der Waals surface area contributed by atoms with Gasteiger partial charge in [0.25, 0.3) is 0 Å². The molecule has 1 aromatic carbocycles. The second-order valence-electron chi connectivity index (χ2n) is 6.37. The smallest absolute Gasteiger partial charge is 0.170 e. The first-order chi connectivity index (χ1) is 11.9. The first kappa shape index (κ1) is 19.3. The number of hydrogen-bond acceptors (Lipinski definition) is 3. The summed E-state index contributed by atoms with van der Waals surface area (Å²) in [5.41, 5.74) is 3.81. The third kappa shape index (κ3) is 5.79. The van der Waals surface area contributed by atoms with Crippen molar-refractivity contribution in [2.24, 2.45) is 0 Å². The molecule has 0 spiro atoms. The Labute approximate surface area is 154 Å². The summed E-state index contributed by atoms with van der Waals surface area (Å²) in [4.78, 5) is 2.14. The van der Waals surface area contributed by atoms with E-state index in [1.807, 2.05) is 18.5 Å². The molecular formula is C18H26FN5S. The molecular weight excluding hydrogens is 337 g/mol. The number of nitrogens with zero attached hydrogens (tertiary/aromatic N) is 3. The molecule has 7 heteroatoms. The molecule has 0 aliphatic rings. The van der Waals surface area contributed by atoms with Crippen molar-refractivity contribution in [3.63, 3.8) is 0 Å². The highest BCUT2D eigenvalue weighted by Gasteiger charge is 2.13. The monoisotopic (exact) mass is 363 g/mol. The maximum Gasteiger partial charge on any atom is 0.170 e. The molecule has 2 N–H and O–H groups in total. The van der Waals surface area contributed by atoms with Gasteiger partial charge in [0.05, 0.1) is 23.6 Å². The number of hydrogen-bond donors (Lipinski definition) is 2. The predicted molar refractivity (Wildman–Crippen MR) is 105 cm³/mol. The Morgan fingerprint density at radius 2 is 1.92 bits per heavy atom. The van der Waals surface area contributed by atoms with Gasteiger partial charge < -0.3 is 15.5 Å². The Bertz CT molecular complexity index is 709. The summed E-state index contributed by atoms with van der Waals surface area (Å²) in [7, 11) is 4.11. The van der Waals surface area contributed by atoms with Gasteiger partial charge in [-0.05, 0) is 70.8 Å². The lowest BCUT2D eigenvalue weighted by atomic mass is 10.2. The van der Waals surface area contributed by atoms with E-state index in [1.165, 1.54) is 12.1 Å². The van der Waals surface area contributed by atoms with E-state index in [0.717, 1.165) is 42.1 Å². The van der Waals surface area contributed by atoms with Gasteiger partial charge in [-0.3, -0.25) is 4.68 Å². The maximum absolute atomic E-state index is 13.0. The Morgan fingerprint density at radius 3 is 2.56 bits per heavy atom. The Morgan fingerprint density at radius 1 is 1.24 bits per heavy atom. The number of benzene rings is 1. The first-order valence-corrected chi connectivity index (χ1v) is 8.75. The number of halogens is 1. The van der Waals surface area contributed by atoms with Crippen LogP contribution in [0.2, 0.25) is 0 Å². The van der Waals surface area contributed by atoms with Crippen LogP contribution >= 0.6 is 12.2 Å². The van der Waals surface area contributed by atoms with Gasteiger partial charge in [0.2, 0.25) is 0 Å². The van der Waals surface area contributed by atoms with Crippen LogP contribution in [-0.4, -0.2) is 47.0 Å². The minimum absolute atomic E-state index is 0.231. The summed E-state index contributed by atoms with van der Waals surface area (Å²) in [5, 5.41) is 11.6. The van der Waals surface area contributed by atoms with Crippen LogP contribution in [0.1, 0.15) is 23.4 Å². The molecule has 0 aliphatic heterocycles. The third-order valence-electron chi connectivity index (χ3n) is 3.93. The second kappa shape index (κ2) is 8.92. The predicted octanol–water partition coefficient (Wildman–Crippen LogP) is 2.93. The number of aromatic nitrogens is 2. The van der Waals surface area contributed by atoms with Crippen molar-refractivity contribution in [2.45, 2.75) is 26.8 Å². The van der Waals surface area contributed by atoms with Crippen molar-refractivity contribution >= 4 is 23.0 Å². The molecule has 136 valence electrons. The second-order valence-corrected chi connectivity index (χ2v) is 6.78. The Balaban J connectivity index is 1.96. The summed E-state index contributed by atoms with van der Waals surface area (Å²) in [6, 6.07) is 6.48. The largest absolute Gasteiger partial charge is 0.362 e. The first-order valence-electron chi connectivity index (χ1n) is 8.35. The van der Waals surface area contributed by atoms with Crippen LogP contribution in [0, 0.1) is 19.7 Å². The molecule has 0 unspecified atom stereocenters. The third-order valence-corrected chi connectivity index (χ3v) is 4.18. The van der Waals surface area contributed by atoms with Crippen LogP contribution in [0.15, 0.2) is 24.3 Å². The van der Waals surface area contributed by atoms with Gasteiger partial charge in [0, 0.05) is 6.54 Å². The average molecular weight is 364 g/mol. The van der Waals surface area contributed by atoms with E-state index in [-0.39, 0.29) is 5.82 Å². The van der Waals surface area contributed by atoms with Crippen LogP contribution < -0.4 is 10.6 Å². The summed E-state index contributed by atoms with van der Waals surface area (Å²) in [5.74, 6) is -0.231.